The molecule has 1 aliphatic carbocycles. The van der Waals surface area contributed by atoms with Crippen molar-refractivity contribution >= 4 is 23.3 Å². The number of nitrogens with one attached hydrogen (secondary N) is 1. The van der Waals surface area contributed by atoms with Crippen LogP contribution in [0.5, 0.6) is 0 Å². The molecule has 1 N–H and O–H groups in total. The van der Waals surface area contributed by atoms with Crippen molar-refractivity contribution in [2.24, 2.45) is 7.05 Å². The first-order chi connectivity index (χ1) is 12.5. The molecule has 26 heavy (non-hydrogen) atoms. The molecule has 0 bridgehead atoms. The Hall–Kier alpha value is -2.96. The van der Waals surface area contributed by atoms with E-state index in [1.807, 2.05) is 12.1 Å². The lowest BCUT2D eigenvalue weighted by Gasteiger charge is -2.24. The number of amides is 2. The first-order valence-electron chi connectivity index (χ1n) is 8.71. The van der Waals surface area contributed by atoms with E-state index >= 15 is 0 Å². The summed E-state index contributed by atoms with van der Waals surface area (Å²) in [5, 5.41) is 7.02. The van der Waals surface area contributed by atoms with Gasteiger partial charge in [-0.2, -0.15) is 5.10 Å². The van der Waals surface area contributed by atoms with Gasteiger partial charge in [-0.25, -0.2) is 0 Å². The van der Waals surface area contributed by atoms with E-state index in [4.69, 9.17) is 0 Å². The second-order valence-electron chi connectivity index (χ2n) is 7.02. The summed E-state index contributed by atoms with van der Waals surface area (Å²) in [4.78, 5) is 37.4. The van der Waals surface area contributed by atoms with E-state index in [9.17, 15) is 14.4 Å². The molecule has 1 atom stereocenters. The molecule has 1 aliphatic heterocycles. The Labute approximate surface area is 151 Å². The molecule has 1 unspecified atom stereocenters. The molecule has 134 valence electrons. The van der Waals surface area contributed by atoms with Gasteiger partial charge in [-0.15, -0.1) is 0 Å². The fourth-order valence-electron chi connectivity index (χ4n) is 3.50. The van der Waals surface area contributed by atoms with E-state index in [1.54, 1.807) is 41.2 Å². The van der Waals surface area contributed by atoms with Gasteiger partial charge in [-0.05, 0) is 23.6 Å². The van der Waals surface area contributed by atoms with Crippen LogP contribution in [-0.2, 0) is 16.6 Å². The highest BCUT2D eigenvalue weighted by Gasteiger charge is 2.32. The van der Waals surface area contributed by atoms with Gasteiger partial charge in [0.15, 0.2) is 0 Å². The third-order valence-corrected chi connectivity index (χ3v) is 5.06. The zero-order valence-electron chi connectivity index (χ0n) is 14.5. The maximum atomic E-state index is 12.5. The zero-order chi connectivity index (χ0) is 18.3. The molecule has 2 heterocycles. The van der Waals surface area contributed by atoms with Crippen LogP contribution in [0.15, 0.2) is 36.7 Å². The Balaban J connectivity index is 1.37. The Morgan fingerprint density at radius 3 is 2.50 bits per heavy atom. The molecule has 0 spiro atoms. The molecule has 1 aromatic carbocycles. The van der Waals surface area contributed by atoms with Crippen LogP contribution in [0.2, 0.25) is 0 Å². The van der Waals surface area contributed by atoms with E-state index in [1.165, 1.54) is 0 Å². The number of carbonyl (C=O) groups is 3. The van der Waals surface area contributed by atoms with Gasteiger partial charge in [0, 0.05) is 44.6 Å². The minimum atomic E-state index is -0.223. The van der Waals surface area contributed by atoms with Gasteiger partial charge in [-0.1, -0.05) is 12.1 Å². The van der Waals surface area contributed by atoms with Gasteiger partial charge >= 0.3 is 0 Å². The van der Waals surface area contributed by atoms with Gasteiger partial charge < -0.3 is 10.2 Å². The summed E-state index contributed by atoms with van der Waals surface area (Å²) in [6.45, 7) is 0.443. The molecule has 2 aromatic rings. The molecular weight excluding hydrogens is 332 g/mol. The number of rotatable bonds is 4. The first-order valence-corrected chi connectivity index (χ1v) is 8.71. The van der Waals surface area contributed by atoms with Crippen LogP contribution in [0.4, 0.5) is 5.69 Å². The number of anilines is 1. The molecule has 4 rings (SSSR count). The average molecular weight is 352 g/mol. The number of aromatic nitrogens is 2. The van der Waals surface area contributed by atoms with Crippen LogP contribution in [-0.4, -0.2) is 40.0 Å². The molecule has 1 saturated heterocycles. The molecule has 2 amide bonds. The predicted molar refractivity (Wildman–Crippen MR) is 94.9 cm³/mol. The molecule has 0 radical (unpaired) electrons. The number of Topliss-reactive ketones (excluding diaryl/α,β-unsaturated/α-hetero) is 1. The van der Waals surface area contributed by atoms with Crippen LogP contribution >= 0.6 is 0 Å². The van der Waals surface area contributed by atoms with Gasteiger partial charge in [0.25, 0.3) is 5.91 Å². The summed E-state index contributed by atoms with van der Waals surface area (Å²) in [7, 11) is 1.80. The average Bonchev–Trinajstić information content (AvgIpc) is 3.17. The first kappa shape index (κ1) is 16.5. The van der Waals surface area contributed by atoms with E-state index in [0.29, 0.717) is 36.7 Å². The lowest BCUT2D eigenvalue weighted by Crippen LogP contribution is -2.37. The zero-order valence-corrected chi connectivity index (χ0v) is 14.5. The maximum absolute atomic E-state index is 12.5. The van der Waals surface area contributed by atoms with E-state index in [2.05, 4.69) is 10.4 Å². The van der Waals surface area contributed by atoms with E-state index < -0.39 is 0 Å². The molecule has 7 nitrogen and oxygen atoms in total. The van der Waals surface area contributed by atoms with Crippen molar-refractivity contribution in [1.29, 1.82) is 0 Å². The number of hydrogen-bond donors (Lipinski definition) is 1. The van der Waals surface area contributed by atoms with Gasteiger partial charge in [0.2, 0.25) is 5.91 Å². The van der Waals surface area contributed by atoms with Crippen molar-refractivity contribution in [1.82, 2.24) is 15.1 Å². The summed E-state index contributed by atoms with van der Waals surface area (Å²) in [6, 6.07) is 7.16. The van der Waals surface area contributed by atoms with E-state index in [-0.39, 0.29) is 24.3 Å². The lowest BCUT2D eigenvalue weighted by molar-refractivity contribution is -0.124. The van der Waals surface area contributed by atoms with Crippen molar-refractivity contribution in [3.05, 3.63) is 47.8 Å². The molecule has 2 fully saturated rings. The lowest BCUT2D eigenvalue weighted by atomic mass is 9.79. The smallest absolute Gasteiger partial charge is 0.251 e. The molecule has 7 heteroatoms. The standard InChI is InChI=1S/C19H20N4O3/c1-22-11-16(9-20-22)23-10-15(8-18(23)25)21-19(26)13-4-2-12(3-5-13)14-6-17(24)7-14/h2-5,9,11,14-15H,6-8,10H2,1H3,(H,21,26). The molecule has 2 aliphatic rings. The SMILES string of the molecule is Cn1cc(N2CC(NC(=O)c3ccc(C4CC(=O)C4)cc3)CC2=O)cn1. The Bertz CT molecular complexity index is 863. The normalized spacial score (nSPS) is 20.3. The summed E-state index contributed by atoms with van der Waals surface area (Å²) in [5.41, 5.74) is 2.40. The molecular formula is C19H20N4O3. The van der Waals surface area contributed by atoms with Crippen molar-refractivity contribution < 1.29 is 14.4 Å². The minimum absolute atomic E-state index is 0.0201. The fourth-order valence-corrected chi connectivity index (χ4v) is 3.50. The third-order valence-electron chi connectivity index (χ3n) is 5.06. The maximum Gasteiger partial charge on any atom is 0.251 e. The number of aryl methyl sites for hydroxylation is 1. The quantitative estimate of drug-likeness (QED) is 0.901. The monoisotopic (exact) mass is 352 g/mol. The van der Waals surface area contributed by atoms with Gasteiger partial charge in [-0.3, -0.25) is 19.1 Å². The van der Waals surface area contributed by atoms with Crippen molar-refractivity contribution in [2.45, 2.75) is 31.2 Å². The topological polar surface area (TPSA) is 84.3 Å². The highest BCUT2D eigenvalue weighted by molar-refractivity contribution is 5.98. The van der Waals surface area contributed by atoms with E-state index in [0.717, 1.165) is 11.3 Å². The van der Waals surface area contributed by atoms with Crippen LogP contribution in [0.1, 0.15) is 41.1 Å². The highest BCUT2D eigenvalue weighted by Crippen LogP contribution is 2.33. The van der Waals surface area contributed by atoms with Crippen molar-refractivity contribution in [3.63, 3.8) is 0 Å². The largest absolute Gasteiger partial charge is 0.347 e. The van der Waals surface area contributed by atoms with Crippen molar-refractivity contribution in [2.75, 3.05) is 11.4 Å². The summed E-state index contributed by atoms with van der Waals surface area (Å²) < 4.78 is 1.64. The number of nitrogens with zero attached hydrogens (tertiary/aromatic N) is 3. The fraction of sp³-hybridized carbons (Fsp3) is 0.368. The van der Waals surface area contributed by atoms with Crippen LogP contribution in [0.25, 0.3) is 0 Å². The Morgan fingerprint density at radius 1 is 1.15 bits per heavy atom. The molecule has 1 saturated carbocycles. The highest BCUT2D eigenvalue weighted by atomic mass is 16.2. The number of carbonyl (C=O) groups excluding carboxylic acids is 3. The Kier molecular flexibility index (Phi) is 4.06. The second kappa shape index (κ2) is 6.40. The Morgan fingerprint density at radius 2 is 1.88 bits per heavy atom. The van der Waals surface area contributed by atoms with Crippen LogP contribution in [0, 0.1) is 0 Å². The summed E-state index contributed by atoms with van der Waals surface area (Å²) in [5.74, 6) is 0.376. The number of hydrogen-bond acceptors (Lipinski definition) is 4. The number of ketones is 1. The summed E-state index contributed by atoms with van der Waals surface area (Å²) in [6.07, 6.45) is 4.90. The van der Waals surface area contributed by atoms with Crippen LogP contribution in [0.3, 0.4) is 0 Å². The second-order valence-corrected chi connectivity index (χ2v) is 7.02. The minimum Gasteiger partial charge on any atom is -0.347 e. The third kappa shape index (κ3) is 3.12. The summed E-state index contributed by atoms with van der Waals surface area (Å²) >= 11 is 0. The predicted octanol–water partition coefficient (Wildman–Crippen LogP) is 1.40. The molecule has 1 aromatic heterocycles. The van der Waals surface area contributed by atoms with Gasteiger partial charge in [0.05, 0.1) is 17.9 Å². The van der Waals surface area contributed by atoms with Crippen LogP contribution < -0.4 is 10.2 Å². The number of benzene rings is 1. The van der Waals surface area contributed by atoms with Crippen molar-refractivity contribution in [3.8, 4) is 0 Å². The van der Waals surface area contributed by atoms with Gasteiger partial charge in [0.1, 0.15) is 5.78 Å².